The molecular weight excluding hydrogens is 232 g/mol. The molecular formula is C17H26N2. The molecule has 1 unspecified atom stereocenters. The highest BCUT2D eigenvalue weighted by Crippen LogP contribution is 2.25. The second-order valence-electron chi connectivity index (χ2n) is 5.15. The van der Waals surface area contributed by atoms with E-state index < -0.39 is 0 Å². The molecule has 0 saturated carbocycles. The Morgan fingerprint density at radius 1 is 1.16 bits per heavy atom. The molecule has 1 aromatic rings. The van der Waals surface area contributed by atoms with Crippen molar-refractivity contribution in [1.82, 2.24) is 4.98 Å². The first-order chi connectivity index (χ1) is 9.26. The van der Waals surface area contributed by atoms with Crippen molar-refractivity contribution in [2.24, 2.45) is 0 Å². The van der Waals surface area contributed by atoms with Crippen molar-refractivity contribution in [2.75, 3.05) is 0 Å². The van der Waals surface area contributed by atoms with Crippen molar-refractivity contribution in [1.29, 1.82) is 5.26 Å². The molecule has 0 aliphatic rings. The number of hydrogen-bond acceptors (Lipinski definition) is 2. The second-order valence-corrected chi connectivity index (χ2v) is 5.15. The van der Waals surface area contributed by atoms with Gasteiger partial charge in [-0.1, -0.05) is 46.5 Å². The Hall–Kier alpha value is -1.36. The molecule has 0 spiro atoms. The van der Waals surface area contributed by atoms with Gasteiger partial charge >= 0.3 is 0 Å². The van der Waals surface area contributed by atoms with Gasteiger partial charge in [-0.2, -0.15) is 5.26 Å². The van der Waals surface area contributed by atoms with Gasteiger partial charge in [0.1, 0.15) is 6.07 Å². The Balaban J connectivity index is 2.73. The minimum Gasteiger partial charge on any atom is -0.256 e. The third kappa shape index (κ3) is 4.67. The normalized spacial score (nSPS) is 12.1. The van der Waals surface area contributed by atoms with Crippen molar-refractivity contribution in [3.05, 3.63) is 29.1 Å². The van der Waals surface area contributed by atoms with Crippen molar-refractivity contribution in [3.63, 3.8) is 0 Å². The summed E-state index contributed by atoms with van der Waals surface area (Å²) in [5.41, 5.74) is 2.86. The van der Waals surface area contributed by atoms with Crippen LogP contribution < -0.4 is 0 Å². The number of aromatic nitrogens is 1. The smallest absolute Gasteiger partial charge is 0.101 e. The predicted molar refractivity (Wildman–Crippen MR) is 80.1 cm³/mol. The van der Waals surface area contributed by atoms with Gasteiger partial charge in [0.25, 0.3) is 0 Å². The Bertz CT molecular complexity index is 418. The zero-order chi connectivity index (χ0) is 14.1. The molecule has 0 aliphatic carbocycles. The zero-order valence-electron chi connectivity index (χ0n) is 12.6. The van der Waals surface area contributed by atoms with Gasteiger partial charge in [-0.25, -0.2) is 0 Å². The lowest BCUT2D eigenvalue weighted by Gasteiger charge is -2.15. The molecule has 0 N–H and O–H groups in total. The van der Waals surface area contributed by atoms with E-state index in [0.29, 0.717) is 5.92 Å². The molecule has 1 aromatic heterocycles. The topological polar surface area (TPSA) is 36.7 Å². The van der Waals surface area contributed by atoms with E-state index in [0.717, 1.165) is 24.1 Å². The third-order valence-corrected chi connectivity index (χ3v) is 3.77. The number of nitriles is 1. The lowest BCUT2D eigenvalue weighted by atomic mass is 9.93. The number of hydrogen-bond donors (Lipinski definition) is 0. The Labute approximate surface area is 117 Å². The minimum atomic E-state index is 0.551. The standard InChI is InChI=1S/C17H26N2/c1-4-7-8-9-10-14(5-2)17-12-11-15(13-18)16(6-3)19-17/h11-12,14H,4-10H2,1-3H3. The summed E-state index contributed by atoms with van der Waals surface area (Å²) >= 11 is 0. The van der Waals surface area contributed by atoms with E-state index in [1.807, 2.05) is 12.1 Å². The summed E-state index contributed by atoms with van der Waals surface area (Å²) in [7, 11) is 0. The zero-order valence-corrected chi connectivity index (χ0v) is 12.6. The minimum absolute atomic E-state index is 0.551. The Morgan fingerprint density at radius 3 is 2.53 bits per heavy atom. The van der Waals surface area contributed by atoms with E-state index in [9.17, 15) is 0 Å². The summed E-state index contributed by atoms with van der Waals surface area (Å²) in [6.45, 7) is 6.54. The maximum atomic E-state index is 9.05. The molecule has 104 valence electrons. The fraction of sp³-hybridized carbons (Fsp3) is 0.647. The summed E-state index contributed by atoms with van der Waals surface area (Å²) in [6, 6.07) is 6.22. The number of aryl methyl sites for hydroxylation is 1. The molecule has 0 aliphatic heterocycles. The molecule has 0 aromatic carbocycles. The highest BCUT2D eigenvalue weighted by Gasteiger charge is 2.12. The average molecular weight is 258 g/mol. The molecule has 0 saturated heterocycles. The van der Waals surface area contributed by atoms with Gasteiger partial charge in [0.2, 0.25) is 0 Å². The van der Waals surface area contributed by atoms with Gasteiger partial charge in [-0.15, -0.1) is 0 Å². The first kappa shape index (κ1) is 15.7. The van der Waals surface area contributed by atoms with Crippen molar-refractivity contribution < 1.29 is 0 Å². The molecule has 1 atom stereocenters. The molecule has 0 amide bonds. The number of rotatable bonds is 8. The van der Waals surface area contributed by atoms with E-state index in [1.165, 1.54) is 37.8 Å². The van der Waals surface area contributed by atoms with Gasteiger partial charge in [0, 0.05) is 11.6 Å². The summed E-state index contributed by atoms with van der Waals surface area (Å²) in [5, 5.41) is 9.05. The molecule has 19 heavy (non-hydrogen) atoms. The maximum Gasteiger partial charge on any atom is 0.101 e. The highest BCUT2D eigenvalue weighted by atomic mass is 14.7. The molecule has 2 heteroatoms. The molecule has 0 bridgehead atoms. The van der Waals surface area contributed by atoms with E-state index in [4.69, 9.17) is 10.2 Å². The van der Waals surface area contributed by atoms with Crippen LogP contribution >= 0.6 is 0 Å². The first-order valence-corrected chi connectivity index (χ1v) is 7.66. The quantitative estimate of drug-likeness (QED) is 0.617. The molecule has 1 heterocycles. The number of pyridine rings is 1. The third-order valence-electron chi connectivity index (χ3n) is 3.77. The largest absolute Gasteiger partial charge is 0.256 e. The van der Waals surface area contributed by atoms with Crippen LogP contribution in [0.5, 0.6) is 0 Å². The van der Waals surface area contributed by atoms with E-state index in [2.05, 4.69) is 26.8 Å². The van der Waals surface area contributed by atoms with Crippen molar-refractivity contribution >= 4 is 0 Å². The average Bonchev–Trinajstić information content (AvgIpc) is 2.46. The lowest BCUT2D eigenvalue weighted by Crippen LogP contribution is -2.04. The molecule has 1 rings (SSSR count). The van der Waals surface area contributed by atoms with Crippen molar-refractivity contribution in [2.45, 2.75) is 71.6 Å². The predicted octanol–water partition coefficient (Wildman–Crippen LogP) is 4.98. The van der Waals surface area contributed by atoms with Gasteiger partial charge in [0.05, 0.1) is 11.3 Å². The van der Waals surface area contributed by atoms with Crippen LogP contribution in [0.1, 0.15) is 82.2 Å². The summed E-state index contributed by atoms with van der Waals surface area (Å²) in [4.78, 5) is 4.71. The van der Waals surface area contributed by atoms with Gasteiger partial charge < -0.3 is 0 Å². The van der Waals surface area contributed by atoms with Crippen LogP contribution in [0, 0.1) is 11.3 Å². The van der Waals surface area contributed by atoms with Crippen LogP contribution in [0.25, 0.3) is 0 Å². The molecule has 0 fully saturated rings. The van der Waals surface area contributed by atoms with Gasteiger partial charge in [-0.05, 0) is 31.4 Å². The van der Waals surface area contributed by atoms with Crippen LogP contribution in [0.3, 0.4) is 0 Å². The SMILES string of the molecule is CCCCCCC(CC)c1ccc(C#N)c(CC)n1. The monoisotopic (exact) mass is 258 g/mol. The van der Waals surface area contributed by atoms with Crippen molar-refractivity contribution in [3.8, 4) is 6.07 Å². The van der Waals surface area contributed by atoms with Crippen LogP contribution in [0.15, 0.2) is 12.1 Å². The van der Waals surface area contributed by atoms with Crippen LogP contribution in [-0.2, 0) is 6.42 Å². The highest BCUT2D eigenvalue weighted by molar-refractivity contribution is 5.35. The summed E-state index contributed by atoms with van der Waals surface area (Å²) < 4.78 is 0. The Kier molecular flexibility index (Phi) is 7.18. The van der Waals surface area contributed by atoms with Gasteiger partial charge in [0.15, 0.2) is 0 Å². The summed E-state index contributed by atoms with van der Waals surface area (Å²) in [6.07, 6.45) is 8.42. The van der Waals surface area contributed by atoms with E-state index in [1.54, 1.807) is 0 Å². The summed E-state index contributed by atoms with van der Waals surface area (Å²) in [5.74, 6) is 0.551. The lowest BCUT2D eigenvalue weighted by molar-refractivity contribution is 0.532. The van der Waals surface area contributed by atoms with E-state index >= 15 is 0 Å². The number of unbranched alkanes of at least 4 members (excludes halogenated alkanes) is 3. The Morgan fingerprint density at radius 2 is 1.95 bits per heavy atom. The second kappa shape index (κ2) is 8.69. The molecule has 0 radical (unpaired) electrons. The number of nitrogens with zero attached hydrogens (tertiary/aromatic N) is 2. The van der Waals surface area contributed by atoms with Gasteiger partial charge in [-0.3, -0.25) is 4.98 Å². The van der Waals surface area contributed by atoms with Crippen LogP contribution in [0.4, 0.5) is 0 Å². The fourth-order valence-electron chi connectivity index (χ4n) is 2.50. The van der Waals surface area contributed by atoms with E-state index in [-0.39, 0.29) is 0 Å². The van der Waals surface area contributed by atoms with Crippen LogP contribution in [-0.4, -0.2) is 4.98 Å². The molecule has 2 nitrogen and oxygen atoms in total. The first-order valence-electron chi connectivity index (χ1n) is 7.66. The fourth-order valence-corrected chi connectivity index (χ4v) is 2.50. The maximum absolute atomic E-state index is 9.05. The van der Waals surface area contributed by atoms with Crippen LogP contribution in [0.2, 0.25) is 0 Å².